The second-order valence-corrected chi connectivity index (χ2v) is 8.17. The molecule has 0 atom stereocenters. The number of sulfonamides is 1. The summed E-state index contributed by atoms with van der Waals surface area (Å²) in [6, 6.07) is 2.00. The summed E-state index contributed by atoms with van der Waals surface area (Å²) in [5, 5.41) is 7.20. The van der Waals surface area contributed by atoms with Crippen LogP contribution in [0.5, 0.6) is 0 Å². The number of anilines is 1. The first-order valence-electron chi connectivity index (χ1n) is 7.84. The summed E-state index contributed by atoms with van der Waals surface area (Å²) in [5.74, 6) is 0.844. The molecule has 0 aliphatic carbocycles. The molecule has 0 bridgehead atoms. The third-order valence-electron chi connectivity index (χ3n) is 4.21. The van der Waals surface area contributed by atoms with Crippen molar-refractivity contribution in [1.29, 1.82) is 0 Å². The molecule has 0 spiro atoms. The highest BCUT2D eigenvalue weighted by Gasteiger charge is 2.24. The number of aromatic nitrogens is 4. The van der Waals surface area contributed by atoms with E-state index in [1.807, 2.05) is 24.9 Å². The van der Waals surface area contributed by atoms with Crippen molar-refractivity contribution < 1.29 is 8.42 Å². The van der Waals surface area contributed by atoms with Gasteiger partial charge in [0.2, 0.25) is 10.0 Å². The predicted octanol–water partition coefficient (Wildman–Crippen LogP) is 0.505. The van der Waals surface area contributed by atoms with Gasteiger partial charge in [-0.15, -0.1) is 0 Å². The monoisotopic (exact) mass is 350 g/mol. The fourth-order valence-electron chi connectivity index (χ4n) is 3.02. The first kappa shape index (κ1) is 16.8. The van der Waals surface area contributed by atoms with E-state index in [-0.39, 0.29) is 0 Å². The summed E-state index contributed by atoms with van der Waals surface area (Å²) < 4.78 is 25.1. The van der Waals surface area contributed by atoms with Crippen LogP contribution in [0.2, 0.25) is 0 Å². The van der Waals surface area contributed by atoms with Gasteiger partial charge in [-0.3, -0.25) is 5.10 Å². The SMILES string of the molecule is Cc1cc(CN(C)c2ncnc3c2CCN(S(C)(=O)=O)CC3)n[nH]1. The van der Waals surface area contributed by atoms with E-state index in [0.717, 1.165) is 28.5 Å². The summed E-state index contributed by atoms with van der Waals surface area (Å²) in [4.78, 5) is 10.8. The highest BCUT2D eigenvalue weighted by Crippen LogP contribution is 2.24. The Kier molecular flexibility index (Phi) is 4.55. The van der Waals surface area contributed by atoms with Crippen LogP contribution in [0.25, 0.3) is 0 Å². The van der Waals surface area contributed by atoms with E-state index in [0.29, 0.717) is 32.5 Å². The van der Waals surface area contributed by atoms with Gasteiger partial charge in [0.1, 0.15) is 12.1 Å². The van der Waals surface area contributed by atoms with Crippen LogP contribution in [0, 0.1) is 6.92 Å². The Morgan fingerprint density at radius 2 is 2.04 bits per heavy atom. The molecule has 0 radical (unpaired) electrons. The van der Waals surface area contributed by atoms with Crippen molar-refractivity contribution >= 4 is 15.8 Å². The molecule has 0 unspecified atom stereocenters. The van der Waals surface area contributed by atoms with Crippen molar-refractivity contribution in [2.24, 2.45) is 0 Å². The molecule has 2 aromatic rings. The van der Waals surface area contributed by atoms with Crippen molar-refractivity contribution in [1.82, 2.24) is 24.5 Å². The summed E-state index contributed by atoms with van der Waals surface area (Å²) >= 11 is 0. The average Bonchev–Trinajstić information content (AvgIpc) is 2.79. The predicted molar refractivity (Wildman–Crippen MR) is 91.3 cm³/mol. The van der Waals surface area contributed by atoms with Crippen LogP contribution in [0.3, 0.4) is 0 Å². The van der Waals surface area contributed by atoms with Crippen LogP contribution >= 0.6 is 0 Å². The van der Waals surface area contributed by atoms with Crippen LogP contribution in [0.1, 0.15) is 22.6 Å². The molecule has 0 amide bonds. The fourth-order valence-corrected chi connectivity index (χ4v) is 3.87. The molecule has 9 heteroatoms. The van der Waals surface area contributed by atoms with E-state index < -0.39 is 10.0 Å². The minimum atomic E-state index is -3.19. The third kappa shape index (κ3) is 3.57. The fraction of sp³-hybridized carbons (Fsp3) is 0.533. The number of rotatable bonds is 4. The first-order valence-corrected chi connectivity index (χ1v) is 9.69. The average molecular weight is 350 g/mol. The van der Waals surface area contributed by atoms with Crippen molar-refractivity contribution in [3.8, 4) is 0 Å². The lowest BCUT2D eigenvalue weighted by Crippen LogP contribution is -2.32. The van der Waals surface area contributed by atoms with Crippen LogP contribution in [0.4, 0.5) is 5.82 Å². The normalized spacial score (nSPS) is 15.8. The number of nitrogens with zero attached hydrogens (tertiary/aromatic N) is 5. The lowest BCUT2D eigenvalue weighted by atomic mass is 10.1. The second kappa shape index (κ2) is 6.48. The van der Waals surface area contributed by atoms with Gasteiger partial charge in [-0.05, 0) is 19.4 Å². The summed E-state index contributed by atoms with van der Waals surface area (Å²) in [5.41, 5.74) is 3.91. The molecule has 0 saturated carbocycles. The van der Waals surface area contributed by atoms with Crippen molar-refractivity contribution in [2.45, 2.75) is 26.3 Å². The standard InChI is InChI=1S/C15H22N6O2S/c1-11-8-12(19-18-11)9-20(2)15-13-4-6-21(24(3,22)23)7-5-14(13)16-10-17-15/h8,10H,4-7,9H2,1-3H3,(H,18,19). The number of hydrogen-bond acceptors (Lipinski definition) is 6. The van der Waals surface area contributed by atoms with Gasteiger partial charge >= 0.3 is 0 Å². The van der Waals surface area contributed by atoms with Crippen LogP contribution in [0.15, 0.2) is 12.4 Å². The van der Waals surface area contributed by atoms with E-state index in [4.69, 9.17) is 0 Å². The smallest absolute Gasteiger partial charge is 0.211 e. The molecule has 0 fully saturated rings. The largest absolute Gasteiger partial charge is 0.353 e. The molecule has 0 aromatic carbocycles. The molecule has 2 aromatic heterocycles. The molecule has 8 nitrogen and oxygen atoms in total. The maximum atomic E-state index is 11.8. The van der Waals surface area contributed by atoms with Gasteiger partial charge in [-0.1, -0.05) is 0 Å². The van der Waals surface area contributed by atoms with Crippen LogP contribution in [-0.4, -0.2) is 59.3 Å². The van der Waals surface area contributed by atoms with E-state index >= 15 is 0 Å². The molecule has 3 rings (SSSR count). The lowest BCUT2D eigenvalue weighted by molar-refractivity contribution is 0.430. The molecule has 1 aliphatic heterocycles. The Morgan fingerprint density at radius 1 is 1.29 bits per heavy atom. The number of H-pyrrole nitrogens is 1. The van der Waals surface area contributed by atoms with Gasteiger partial charge < -0.3 is 4.90 Å². The molecule has 1 aliphatic rings. The Balaban J connectivity index is 1.84. The summed E-state index contributed by atoms with van der Waals surface area (Å²) in [6.45, 7) is 3.52. The Morgan fingerprint density at radius 3 is 2.71 bits per heavy atom. The number of fused-ring (bicyclic) bond motifs is 1. The van der Waals surface area contributed by atoms with Crippen molar-refractivity contribution in [3.05, 3.63) is 35.0 Å². The Hall–Kier alpha value is -2.00. The van der Waals surface area contributed by atoms with Gasteiger partial charge in [-0.25, -0.2) is 22.7 Å². The molecular weight excluding hydrogens is 328 g/mol. The van der Waals surface area contributed by atoms with Gasteiger partial charge in [-0.2, -0.15) is 5.10 Å². The Labute approximate surface area is 142 Å². The third-order valence-corrected chi connectivity index (χ3v) is 5.51. The number of aromatic amines is 1. The van der Waals surface area contributed by atoms with Crippen molar-refractivity contribution in [2.75, 3.05) is 31.3 Å². The second-order valence-electron chi connectivity index (χ2n) is 6.18. The Bertz CT molecular complexity index is 832. The lowest BCUT2D eigenvalue weighted by Gasteiger charge is -2.21. The molecule has 1 N–H and O–H groups in total. The minimum Gasteiger partial charge on any atom is -0.353 e. The van der Waals surface area contributed by atoms with Crippen molar-refractivity contribution in [3.63, 3.8) is 0 Å². The molecule has 0 saturated heterocycles. The number of aryl methyl sites for hydroxylation is 1. The highest BCUT2D eigenvalue weighted by atomic mass is 32.2. The zero-order valence-corrected chi connectivity index (χ0v) is 15.0. The molecule has 24 heavy (non-hydrogen) atoms. The zero-order valence-electron chi connectivity index (χ0n) is 14.2. The molecule has 3 heterocycles. The highest BCUT2D eigenvalue weighted by molar-refractivity contribution is 7.88. The van der Waals surface area contributed by atoms with Gasteiger partial charge in [0.05, 0.1) is 24.2 Å². The summed E-state index contributed by atoms with van der Waals surface area (Å²) in [7, 11) is -1.22. The van der Waals surface area contributed by atoms with E-state index in [9.17, 15) is 8.42 Å². The van der Waals surface area contributed by atoms with Gasteiger partial charge in [0.25, 0.3) is 0 Å². The quantitative estimate of drug-likeness (QED) is 0.863. The van der Waals surface area contributed by atoms with E-state index in [2.05, 4.69) is 20.2 Å². The van der Waals surface area contributed by atoms with E-state index in [1.54, 1.807) is 6.33 Å². The maximum absolute atomic E-state index is 11.8. The van der Waals surface area contributed by atoms with Crippen LogP contribution in [-0.2, 0) is 29.4 Å². The summed E-state index contributed by atoms with van der Waals surface area (Å²) in [6.07, 6.45) is 4.02. The number of hydrogen-bond donors (Lipinski definition) is 1. The van der Waals surface area contributed by atoms with Gasteiger partial charge in [0.15, 0.2) is 0 Å². The zero-order chi connectivity index (χ0) is 17.3. The molecule has 130 valence electrons. The van der Waals surface area contributed by atoms with E-state index in [1.165, 1.54) is 10.6 Å². The van der Waals surface area contributed by atoms with Crippen LogP contribution < -0.4 is 4.90 Å². The molecular formula is C15H22N6O2S. The number of nitrogens with one attached hydrogen (secondary N) is 1. The minimum absolute atomic E-state index is 0.460. The van der Waals surface area contributed by atoms with Gasteiger partial charge in [0, 0.05) is 37.8 Å². The maximum Gasteiger partial charge on any atom is 0.211 e. The topological polar surface area (TPSA) is 95.1 Å². The first-order chi connectivity index (χ1) is 11.3.